The van der Waals surface area contributed by atoms with Gasteiger partial charge in [0.25, 0.3) is 0 Å². The first-order valence-electron chi connectivity index (χ1n) is 6.94. The van der Waals surface area contributed by atoms with Crippen LogP contribution in [-0.2, 0) is 4.79 Å². The quantitative estimate of drug-likeness (QED) is 0.276. The van der Waals surface area contributed by atoms with E-state index in [9.17, 15) is 4.79 Å². The van der Waals surface area contributed by atoms with E-state index in [1.54, 1.807) is 24.3 Å². The fourth-order valence-corrected chi connectivity index (χ4v) is 2.07. The monoisotopic (exact) mass is 291 g/mol. The second-order valence-corrected chi connectivity index (χ2v) is 4.77. The first-order valence-corrected chi connectivity index (χ1v) is 6.94. The molecule has 0 radical (unpaired) electrons. The van der Waals surface area contributed by atoms with E-state index >= 15 is 0 Å². The molecule has 4 N–H and O–H groups in total. The van der Waals surface area contributed by atoms with Crippen LogP contribution in [0, 0.1) is 0 Å². The Balaban J connectivity index is 1.74. The zero-order chi connectivity index (χ0) is 14.9. The Morgan fingerprint density at radius 1 is 1.38 bits per heavy atom. The second-order valence-electron chi connectivity index (χ2n) is 4.77. The summed E-state index contributed by atoms with van der Waals surface area (Å²) in [6.45, 7) is 4.24. The number of carbonyl (C=O) groups is 1. The number of rotatable bonds is 7. The van der Waals surface area contributed by atoms with Crippen LogP contribution in [0.15, 0.2) is 29.3 Å². The molecule has 0 aliphatic carbocycles. The highest BCUT2D eigenvalue weighted by molar-refractivity contribution is 5.82. The number of Topliss-reactive ketones (excluding diaryl/α,β-unsaturated/α-hetero) is 1. The average molecular weight is 291 g/mol. The molecule has 0 spiro atoms. The topological polar surface area (TPSA) is 92.0 Å². The van der Waals surface area contributed by atoms with Crippen molar-refractivity contribution in [3.05, 3.63) is 24.3 Å². The van der Waals surface area contributed by atoms with Gasteiger partial charge in [0.05, 0.1) is 12.2 Å². The lowest BCUT2D eigenvalue weighted by Gasteiger charge is -2.26. The van der Waals surface area contributed by atoms with Gasteiger partial charge in [0.15, 0.2) is 5.78 Å². The summed E-state index contributed by atoms with van der Waals surface area (Å²) in [4.78, 5) is 18.0. The average Bonchev–Trinajstić information content (AvgIpc) is 2.53. The van der Waals surface area contributed by atoms with Crippen LogP contribution in [0.3, 0.4) is 0 Å². The molecule has 0 atom stereocenters. The minimum absolute atomic E-state index is 0.0892. The number of carbonyl (C=O) groups excluding carboxylic acids is 1. The number of hydrazine groups is 1. The predicted octanol–water partition coefficient (Wildman–Crippen LogP) is -0.337. The number of piperazine rings is 1. The fourth-order valence-electron chi connectivity index (χ4n) is 2.07. The Morgan fingerprint density at radius 2 is 2.10 bits per heavy atom. The van der Waals surface area contributed by atoms with E-state index < -0.39 is 0 Å². The summed E-state index contributed by atoms with van der Waals surface area (Å²) in [6.07, 6.45) is 1.40. The Morgan fingerprint density at radius 3 is 2.76 bits per heavy atom. The van der Waals surface area contributed by atoms with Gasteiger partial charge in [-0.3, -0.25) is 9.69 Å². The number of ketones is 1. The van der Waals surface area contributed by atoms with E-state index in [2.05, 4.69) is 20.6 Å². The molecule has 0 saturated carbocycles. The molecule has 21 heavy (non-hydrogen) atoms. The highest BCUT2D eigenvalue weighted by Crippen LogP contribution is 2.17. The molecule has 0 unspecified atom stereocenters. The Kier molecular flexibility index (Phi) is 6.14. The summed E-state index contributed by atoms with van der Waals surface area (Å²) in [7, 11) is 0. The fraction of sp³-hybridized carbons (Fsp3) is 0.429. The normalized spacial score (nSPS) is 16.0. The molecule has 2 rings (SSSR count). The van der Waals surface area contributed by atoms with Gasteiger partial charge in [-0.2, -0.15) is 0 Å². The first kappa shape index (κ1) is 15.4. The molecular formula is C14H21N5O2. The maximum Gasteiger partial charge on any atom is 0.184 e. The molecule has 0 bridgehead atoms. The minimum Gasteiger partial charge on any atom is -0.486 e. The largest absolute Gasteiger partial charge is 0.486 e. The molecular weight excluding hydrogens is 270 g/mol. The van der Waals surface area contributed by atoms with Gasteiger partial charge in [0, 0.05) is 26.2 Å². The van der Waals surface area contributed by atoms with Gasteiger partial charge in [-0.05, 0) is 24.3 Å². The van der Waals surface area contributed by atoms with Crippen LogP contribution >= 0.6 is 0 Å². The summed E-state index contributed by atoms with van der Waals surface area (Å²) >= 11 is 0. The maximum absolute atomic E-state index is 11.9. The minimum atomic E-state index is 0.0892. The van der Waals surface area contributed by atoms with Crippen molar-refractivity contribution >= 4 is 17.8 Å². The Labute approximate surface area is 124 Å². The van der Waals surface area contributed by atoms with Crippen LogP contribution in [0.2, 0.25) is 0 Å². The number of benzene rings is 1. The number of hydrogen-bond donors (Lipinski definition) is 3. The number of nitrogens with two attached hydrogens (primary N) is 1. The lowest BCUT2D eigenvalue weighted by Crippen LogP contribution is -2.46. The molecule has 7 nitrogen and oxygen atoms in total. The van der Waals surface area contributed by atoms with Crippen molar-refractivity contribution in [3.63, 3.8) is 0 Å². The van der Waals surface area contributed by atoms with E-state index in [1.807, 2.05) is 0 Å². The third-order valence-corrected chi connectivity index (χ3v) is 3.13. The number of nitrogens with one attached hydrogen (secondary N) is 2. The number of nitrogens with zero attached hydrogens (tertiary/aromatic N) is 2. The lowest BCUT2D eigenvalue weighted by atomic mass is 10.3. The van der Waals surface area contributed by atoms with E-state index in [4.69, 9.17) is 10.6 Å². The summed E-state index contributed by atoms with van der Waals surface area (Å²) in [5, 5.41) is 3.26. The van der Waals surface area contributed by atoms with Crippen LogP contribution < -0.4 is 21.3 Å². The van der Waals surface area contributed by atoms with Crippen molar-refractivity contribution in [2.24, 2.45) is 10.8 Å². The van der Waals surface area contributed by atoms with Crippen molar-refractivity contribution < 1.29 is 9.53 Å². The molecule has 0 aromatic heterocycles. The Hall–Kier alpha value is -1.96. The molecule has 1 aliphatic heterocycles. The molecule has 1 aliphatic rings. The molecule has 0 amide bonds. The molecule has 1 heterocycles. The van der Waals surface area contributed by atoms with Gasteiger partial charge in [-0.15, -0.1) is 0 Å². The highest BCUT2D eigenvalue weighted by atomic mass is 16.5. The van der Waals surface area contributed by atoms with Gasteiger partial charge < -0.3 is 15.5 Å². The van der Waals surface area contributed by atoms with Gasteiger partial charge in [-0.25, -0.2) is 10.8 Å². The lowest BCUT2D eigenvalue weighted by molar-refractivity contribution is -0.122. The van der Waals surface area contributed by atoms with Crippen molar-refractivity contribution in [3.8, 4) is 5.75 Å². The highest BCUT2D eigenvalue weighted by Gasteiger charge is 2.13. The van der Waals surface area contributed by atoms with Crippen molar-refractivity contribution in [1.82, 2.24) is 15.6 Å². The smallest absolute Gasteiger partial charge is 0.184 e. The standard InChI is InChI=1S/C14H21N5O2/c15-18-11-17-12-1-3-14(4-2-12)21-10-13(20)9-19-7-5-16-6-8-19/h1-4,11,16H,5-10,15H2,(H,17,18). The summed E-state index contributed by atoms with van der Waals surface area (Å²) in [5.41, 5.74) is 3.09. The number of hydrogen-bond acceptors (Lipinski definition) is 6. The molecule has 114 valence electrons. The van der Waals surface area contributed by atoms with Crippen LogP contribution in [0.5, 0.6) is 5.75 Å². The van der Waals surface area contributed by atoms with Crippen LogP contribution in [0.4, 0.5) is 5.69 Å². The zero-order valence-corrected chi connectivity index (χ0v) is 11.9. The zero-order valence-electron chi connectivity index (χ0n) is 11.9. The van der Waals surface area contributed by atoms with Gasteiger partial charge in [0.1, 0.15) is 18.7 Å². The van der Waals surface area contributed by atoms with Crippen molar-refractivity contribution in [1.29, 1.82) is 0 Å². The van der Waals surface area contributed by atoms with Crippen LogP contribution in [-0.4, -0.2) is 56.4 Å². The molecule has 1 aromatic rings. The SMILES string of the molecule is NNC=Nc1ccc(OCC(=O)CN2CCNCC2)cc1. The van der Waals surface area contributed by atoms with E-state index in [-0.39, 0.29) is 12.4 Å². The molecule has 7 heteroatoms. The van der Waals surface area contributed by atoms with Crippen LogP contribution in [0.25, 0.3) is 0 Å². The predicted molar refractivity (Wildman–Crippen MR) is 81.7 cm³/mol. The van der Waals surface area contributed by atoms with Crippen molar-refractivity contribution in [2.75, 3.05) is 39.3 Å². The summed E-state index contributed by atoms with van der Waals surface area (Å²) in [5.74, 6) is 5.84. The maximum atomic E-state index is 11.9. The third-order valence-electron chi connectivity index (χ3n) is 3.13. The van der Waals surface area contributed by atoms with E-state index in [0.717, 1.165) is 31.9 Å². The summed E-state index contributed by atoms with van der Waals surface area (Å²) in [6, 6.07) is 7.15. The first-order chi connectivity index (χ1) is 10.3. The second kappa shape index (κ2) is 8.35. The number of aliphatic imine (C=N–C) groups is 1. The summed E-state index contributed by atoms with van der Waals surface area (Å²) < 4.78 is 5.48. The van der Waals surface area contributed by atoms with Gasteiger partial charge in [-0.1, -0.05) is 0 Å². The Bertz CT molecular complexity index is 469. The molecule has 1 fully saturated rings. The van der Waals surface area contributed by atoms with E-state index in [0.29, 0.717) is 12.3 Å². The van der Waals surface area contributed by atoms with Gasteiger partial charge in [0.2, 0.25) is 0 Å². The molecule has 1 saturated heterocycles. The van der Waals surface area contributed by atoms with Crippen molar-refractivity contribution in [2.45, 2.75) is 0 Å². The third kappa shape index (κ3) is 5.50. The molecule has 1 aromatic carbocycles. The number of ether oxygens (including phenoxy) is 1. The van der Waals surface area contributed by atoms with Crippen LogP contribution in [0.1, 0.15) is 0 Å². The van der Waals surface area contributed by atoms with E-state index in [1.165, 1.54) is 6.34 Å². The van der Waals surface area contributed by atoms with Gasteiger partial charge >= 0.3 is 0 Å².